The van der Waals surface area contributed by atoms with Gasteiger partial charge in [0.25, 0.3) is 0 Å². The number of benzene rings is 15. The number of hydrogen-bond acceptors (Lipinski definition) is 15. The Kier molecular flexibility index (Phi) is 42.7. The van der Waals surface area contributed by atoms with Crippen molar-refractivity contribution in [3.05, 3.63) is 470 Å². The quantitative estimate of drug-likeness (QED) is 0.0202. The molecule has 15 rings (SSSR count). The molecule has 0 aromatic heterocycles. The third-order valence-corrected chi connectivity index (χ3v) is 45.8. The van der Waals surface area contributed by atoms with Crippen LogP contribution in [0.25, 0.3) is 0 Å². The summed E-state index contributed by atoms with van der Waals surface area (Å²) >= 11 is 48.9. The number of hydrogen-bond donors (Lipinski definition) is 0. The summed E-state index contributed by atoms with van der Waals surface area (Å²) in [6.07, 6.45) is 2.20. The average Bonchev–Trinajstić information content (AvgIpc) is 0.848. The Morgan fingerprint density at radius 3 is 0.391 bits per heavy atom. The van der Waals surface area contributed by atoms with E-state index >= 15 is 0 Å². The van der Waals surface area contributed by atoms with Gasteiger partial charge in [0.05, 0.1) is 32.1 Å². The van der Waals surface area contributed by atoms with E-state index in [2.05, 4.69) is 574 Å². The van der Waals surface area contributed by atoms with Crippen LogP contribution in [0.3, 0.4) is 0 Å². The van der Waals surface area contributed by atoms with Gasteiger partial charge in [-0.2, -0.15) is 11.8 Å². The minimum atomic E-state index is 0.197. The molecule has 0 aliphatic carbocycles. The van der Waals surface area contributed by atoms with Crippen molar-refractivity contribution < 1.29 is 0 Å². The maximum atomic E-state index is 2.43. The van der Waals surface area contributed by atoms with Crippen molar-refractivity contribution in [2.75, 3.05) is 6.26 Å². The maximum Gasteiger partial charge on any atom is 0.0845 e. The summed E-state index contributed by atoms with van der Waals surface area (Å²) < 4.78 is 11.4. The molecule has 128 heavy (non-hydrogen) atoms. The van der Waals surface area contributed by atoms with Crippen LogP contribution in [0.2, 0.25) is 0 Å². The molecule has 0 aliphatic heterocycles. The van der Waals surface area contributed by atoms with Crippen LogP contribution in [0, 0.1) is 28.6 Å². The van der Waals surface area contributed by atoms with Crippen LogP contribution in [0.1, 0.15) is 110 Å². The van der Waals surface area contributed by atoms with Gasteiger partial charge >= 0.3 is 0 Å². The van der Waals surface area contributed by atoms with E-state index in [9.17, 15) is 0 Å². The van der Waals surface area contributed by atoms with E-state index < -0.39 is 0 Å². The minimum absolute atomic E-state index is 0.197. The highest BCUT2D eigenvalue weighted by molar-refractivity contribution is 14.1. The zero-order valence-electron chi connectivity index (χ0n) is 68.8. The molecule has 0 unspecified atom stereocenters. The lowest BCUT2D eigenvalue weighted by molar-refractivity contribution is 1.26. The molecule has 650 valence electrons. The van der Waals surface area contributed by atoms with Crippen LogP contribution in [0.15, 0.2) is 403 Å². The summed E-state index contributed by atoms with van der Waals surface area (Å²) in [7, 11) is 0. The van der Waals surface area contributed by atoms with E-state index in [4.69, 9.17) is 0 Å². The topological polar surface area (TPSA) is 0 Å². The Hall–Kier alpha value is -0.610. The fourth-order valence-corrected chi connectivity index (χ4v) is 34.3. The lowest BCUT2D eigenvalue weighted by atomic mass is 10.2. The molecule has 0 saturated heterocycles. The molecule has 15 aromatic rings. The summed E-state index contributed by atoms with van der Waals surface area (Å²) in [6, 6.07) is 138. The molecule has 0 aliphatic rings. The SMILES string of the molecule is CSCc1ccc(C(SCc2ccc(C(SCc3ccc(C(Sc4ccc(I)cc4)Sc4ccc(I)cc4)cc3)SCc3ccc(C(Sc4ccc(I)cc4)Sc4ccc(I)cc4)cc3)cc2)SCc2ccc(C(SCc3ccc(C(Sc4ccc(I)cc4)Sc4ccc(I)cc4)cc3)SCc3ccc(C(Sc4ccc(I)cc4)Sc4ccc(I)cc4)cc3)cc2)cc1. The molecule has 0 N–H and O–H groups in total. The van der Waals surface area contributed by atoms with Crippen LogP contribution < -0.4 is 0 Å². The Bertz CT molecular complexity index is 5080. The lowest BCUT2D eigenvalue weighted by Crippen LogP contribution is -1.97. The van der Waals surface area contributed by atoms with Gasteiger partial charge in [-0.3, -0.25) is 0 Å². The Balaban J connectivity index is 0.651. The first-order chi connectivity index (χ1) is 62.5. The lowest BCUT2D eigenvalue weighted by Gasteiger charge is -2.21. The molecule has 23 heteroatoms. The zero-order valence-corrected chi connectivity index (χ0v) is 98.3. The monoisotopic (exact) mass is 2840 g/mol. The van der Waals surface area contributed by atoms with Crippen molar-refractivity contribution in [1.29, 1.82) is 0 Å². The van der Waals surface area contributed by atoms with Crippen molar-refractivity contribution in [2.45, 2.75) is 112 Å². The molecule has 0 nitrogen and oxygen atoms in total. The minimum Gasteiger partial charge on any atom is -0.161 e. The van der Waals surface area contributed by atoms with Gasteiger partial charge in [-0.1, -0.05) is 170 Å². The van der Waals surface area contributed by atoms with E-state index in [1.807, 2.05) is 153 Å². The molecule has 0 spiro atoms. The van der Waals surface area contributed by atoms with Crippen molar-refractivity contribution in [3.63, 3.8) is 0 Å². The van der Waals surface area contributed by atoms with Gasteiger partial charge in [0.15, 0.2) is 0 Å². The van der Waals surface area contributed by atoms with Crippen LogP contribution in [-0.4, -0.2) is 6.26 Å². The molecule has 0 radical (unpaired) electrons. The van der Waals surface area contributed by atoms with Crippen molar-refractivity contribution in [2.24, 2.45) is 0 Å². The first kappa shape index (κ1) is 102. The molecule has 0 saturated carbocycles. The summed E-state index contributed by atoms with van der Waals surface area (Å²) in [5, 5.41) is 0. The van der Waals surface area contributed by atoms with Crippen molar-refractivity contribution in [3.8, 4) is 0 Å². The van der Waals surface area contributed by atoms with Crippen molar-refractivity contribution in [1.82, 2.24) is 0 Å². The fourth-order valence-electron chi connectivity index (χ4n) is 13.1. The van der Waals surface area contributed by atoms with Gasteiger partial charge in [-0.25, -0.2) is 0 Å². The summed E-state index contributed by atoms with van der Waals surface area (Å²) in [6.45, 7) is 0. The first-order valence-corrected chi connectivity index (χ1v) is 64.0. The van der Waals surface area contributed by atoms with Crippen LogP contribution in [0.4, 0.5) is 0 Å². The van der Waals surface area contributed by atoms with E-state index in [1.54, 1.807) is 0 Å². The van der Waals surface area contributed by atoms with E-state index in [-0.39, 0.29) is 32.1 Å². The molecule has 0 heterocycles. The molecule has 0 fully saturated rings. The second kappa shape index (κ2) is 53.7. The standard InChI is InChI=1S/C105H84I8S15/c1-114-62-69-2-16-76(17-3-69)99(115-63-70-4-18-77(19-5-70)100(117-65-72-8-22-79(23-9-72)102(121-91-46-30-83(106)31-47-91)122-92-48-32-84(107)33-49-92)118-66-73-10-24-80(25-11-73)103(123-93-50-34-85(108)35-51-93)124-94-52-36-86(109)37-53-94)116-64-71-6-20-78(21-7-71)101(119-67-74-12-26-81(27-13-74)104(125-95-54-38-87(110)39-55-95)126-96-56-40-88(111)41-57-96)120-68-75-14-28-82(29-15-75)105(127-97-58-42-89(112)43-59-97)128-98-60-44-90(113)45-61-98/h2-61,99-105H,62-68H2,1H3. The highest BCUT2D eigenvalue weighted by atomic mass is 127. The second-order valence-electron chi connectivity index (χ2n) is 29.4. The van der Waals surface area contributed by atoms with Crippen LogP contribution in [-0.2, 0) is 40.3 Å². The second-order valence-corrected chi connectivity index (χ2v) is 58.3. The normalized spacial score (nSPS) is 11.7. The molecule has 15 aromatic carbocycles. The Morgan fingerprint density at radius 2 is 0.266 bits per heavy atom. The molecule has 0 atom stereocenters. The van der Waals surface area contributed by atoms with Crippen LogP contribution >= 0.6 is 357 Å². The third kappa shape index (κ3) is 33.0. The molecular weight excluding hydrogens is 2760 g/mol. The van der Waals surface area contributed by atoms with Gasteiger partial charge in [-0.05, 0) is 459 Å². The third-order valence-electron chi connectivity index (χ3n) is 19.9. The van der Waals surface area contributed by atoms with Gasteiger partial charge in [0.2, 0.25) is 0 Å². The van der Waals surface area contributed by atoms with Gasteiger partial charge < -0.3 is 0 Å². The van der Waals surface area contributed by atoms with E-state index in [0.717, 1.165) is 40.3 Å². The van der Waals surface area contributed by atoms with Gasteiger partial charge in [0.1, 0.15) is 0 Å². The largest absolute Gasteiger partial charge is 0.161 e. The van der Waals surface area contributed by atoms with Crippen LogP contribution in [0.5, 0.6) is 0 Å². The predicted octanol–water partition coefficient (Wildman–Crippen LogP) is 40.3. The van der Waals surface area contributed by atoms with Gasteiger partial charge in [-0.15, -0.1) is 165 Å². The first-order valence-electron chi connectivity index (χ1n) is 40.7. The molecular formula is C105H84I8S15. The average molecular weight is 2840 g/mol. The van der Waals surface area contributed by atoms with Crippen molar-refractivity contribution >= 4 is 357 Å². The number of thioether (sulfide) groups is 15. The summed E-state index contributed by atoms with van der Waals surface area (Å²) in [4.78, 5) is 10.2. The fraction of sp³-hybridized carbons (Fsp3) is 0.143. The highest BCUT2D eigenvalue weighted by Crippen LogP contribution is 2.54. The maximum absolute atomic E-state index is 2.43. The Morgan fingerprint density at radius 1 is 0.148 bits per heavy atom. The zero-order chi connectivity index (χ0) is 88.3. The van der Waals surface area contributed by atoms with E-state index in [0.29, 0.717) is 0 Å². The molecule has 0 amide bonds. The summed E-state index contributed by atoms with van der Waals surface area (Å²) in [5.74, 6) is 6.42. The Labute approximate surface area is 930 Å². The van der Waals surface area contributed by atoms with E-state index in [1.165, 1.54) is 146 Å². The smallest absolute Gasteiger partial charge is 0.0845 e. The number of rotatable bonds is 43. The highest BCUT2D eigenvalue weighted by Gasteiger charge is 2.25. The number of halogens is 8. The predicted molar refractivity (Wildman–Crippen MR) is 649 cm³/mol. The van der Waals surface area contributed by atoms with Gasteiger partial charge in [0, 0.05) is 108 Å². The summed E-state index contributed by atoms with van der Waals surface area (Å²) in [5.41, 5.74) is 18.8. The molecule has 0 bridgehead atoms.